The molecule has 1 unspecified atom stereocenters. The first kappa shape index (κ1) is 29.8. The molecule has 0 saturated carbocycles. The van der Waals surface area contributed by atoms with E-state index in [1.807, 2.05) is 0 Å². The Morgan fingerprint density at radius 3 is 2.58 bits per heavy atom. The molecule has 10 nitrogen and oxygen atoms in total. The number of carbonyl (C=O) groups is 4. The van der Waals surface area contributed by atoms with Crippen molar-refractivity contribution in [2.45, 2.75) is 46.0 Å². The monoisotopic (exact) mass is 605 g/mol. The Morgan fingerprint density at radius 2 is 1.86 bits per heavy atom. The Bertz CT molecular complexity index is 1710. The number of hydrogen-bond donors (Lipinski definition) is 1. The molecule has 2 atom stereocenters. The average Bonchev–Trinajstić information content (AvgIpc) is 3.60. The highest BCUT2D eigenvalue weighted by molar-refractivity contribution is 6.30. The Kier molecular flexibility index (Phi) is 8.81. The largest absolute Gasteiger partial charge is 0.486 e. The molecule has 43 heavy (non-hydrogen) atoms. The molecular formula is C31H29ClFN5O5. The summed E-state index contributed by atoms with van der Waals surface area (Å²) < 4.78 is 21.8. The first-order valence-electron chi connectivity index (χ1n) is 13.7. The van der Waals surface area contributed by atoms with E-state index >= 15 is 0 Å². The number of ketones is 2. The summed E-state index contributed by atoms with van der Waals surface area (Å²) in [5, 5.41) is 3.22. The maximum Gasteiger partial charge on any atom is 0.243 e. The van der Waals surface area contributed by atoms with Gasteiger partial charge in [0.1, 0.15) is 36.5 Å². The highest BCUT2D eigenvalue weighted by Crippen LogP contribution is 2.29. The Hall–Kier alpha value is -4.64. The van der Waals surface area contributed by atoms with Crippen LogP contribution in [-0.2, 0) is 34.1 Å². The number of hydrogen-bond acceptors (Lipinski definition) is 7. The molecule has 2 amide bonds. The molecule has 1 N–H and O–H groups in total. The molecular weight excluding hydrogens is 577 g/mol. The van der Waals surface area contributed by atoms with E-state index in [0.717, 1.165) is 0 Å². The van der Waals surface area contributed by atoms with Crippen molar-refractivity contribution in [3.63, 3.8) is 0 Å². The number of fused-ring (bicyclic) bond motifs is 1. The van der Waals surface area contributed by atoms with Crippen molar-refractivity contribution in [3.8, 4) is 5.75 Å². The molecule has 5 rings (SSSR count). The number of aromatic nitrogens is 3. The number of nitrogens with zero attached hydrogens (tertiary/aromatic N) is 4. The average molecular weight is 606 g/mol. The van der Waals surface area contributed by atoms with Crippen LogP contribution in [0.25, 0.3) is 10.9 Å². The van der Waals surface area contributed by atoms with Crippen LogP contribution in [0, 0.1) is 11.7 Å². The lowest BCUT2D eigenvalue weighted by Crippen LogP contribution is -2.46. The number of nitrogens with one attached hydrogen (secondary N) is 1. The third kappa shape index (κ3) is 6.56. The number of benzene rings is 2. The normalized spacial score (nSPS) is 16.3. The minimum atomic E-state index is -0.919. The molecule has 0 radical (unpaired) electrons. The third-order valence-electron chi connectivity index (χ3n) is 7.51. The highest BCUT2D eigenvalue weighted by Gasteiger charge is 2.41. The van der Waals surface area contributed by atoms with Crippen LogP contribution in [0.4, 0.5) is 4.39 Å². The quantitative estimate of drug-likeness (QED) is 0.270. The number of likely N-dealkylation sites (tertiary alicyclic amines) is 1. The third-order valence-corrected chi connectivity index (χ3v) is 7.80. The number of rotatable bonds is 10. The van der Waals surface area contributed by atoms with E-state index in [1.165, 1.54) is 30.9 Å². The second-order valence-corrected chi connectivity index (χ2v) is 10.8. The summed E-state index contributed by atoms with van der Waals surface area (Å²) in [6.07, 6.45) is 4.99. The molecule has 2 aromatic heterocycles. The van der Waals surface area contributed by atoms with Crippen LogP contribution < -0.4 is 10.1 Å². The van der Waals surface area contributed by atoms with Crippen molar-refractivity contribution < 1.29 is 28.3 Å². The van der Waals surface area contributed by atoms with Gasteiger partial charge in [-0.25, -0.2) is 14.4 Å². The molecule has 1 saturated heterocycles. The molecule has 0 aliphatic carbocycles. The molecule has 2 aromatic carbocycles. The second kappa shape index (κ2) is 12.7. The van der Waals surface area contributed by atoms with Crippen molar-refractivity contribution in [2.24, 2.45) is 5.92 Å². The lowest BCUT2D eigenvalue weighted by molar-refractivity contribution is -0.139. The van der Waals surface area contributed by atoms with Gasteiger partial charge in [0.05, 0.1) is 5.02 Å². The van der Waals surface area contributed by atoms with Crippen molar-refractivity contribution in [1.82, 2.24) is 24.8 Å². The maximum atomic E-state index is 14.3. The molecule has 1 aliphatic rings. The summed E-state index contributed by atoms with van der Waals surface area (Å²) in [6, 6.07) is 10.5. The molecule has 1 aliphatic heterocycles. The van der Waals surface area contributed by atoms with E-state index < -0.39 is 29.6 Å². The summed E-state index contributed by atoms with van der Waals surface area (Å²) in [6.45, 7) is 2.79. The van der Waals surface area contributed by atoms with E-state index in [0.29, 0.717) is 28.0 Å². The Labute approximate surface area is 251 Å². The lowest BCUT2D eigenvalue weighted by Gasteiger charge is -2.24. The number of halogens is 2. The van der Waals surface area contributed by atoms with Crippen LogP contribution in [0.15, 0.2) is 61.1 Å². The fraction of sp³-hybridized carbons (Fsp3) is 0.290. The van der Waals surface area contributed by atoms with E-state index in [1.54, 1.807) is 53.5 Å². The Morgan fingerprint density at radius 1 is 1.09 bits per heavy atom. The van der Waals surface area contributed by atoms with Crippen molar-refractivity contribution in [2.75, 3.05) is 6.54 Å². The summed E-state index contributed by atoms with van der Waals surface area (Å²) in [5.74, 6) is -1.35. The van der Waals surface area contributed by atoms with Crippen molar-refractivity contribution >= 4 is 45.9 Å². The number of carbonyl (C=O) groups excluding carboxylic acids is 4. The van der Waals surface area contributed by atoms with Gasteiger partial charge in [0.2, 0.25) is 11.8 Å². The zero-order chi connectivity index (χ0) is 30.7. The molecule has 3 heterocycles. The SMILES string of the molecule is CC(=O)c1cn(CC(=O)N2CC(C(C)=O)C[C@H]2C(=O)NCc2cccc(Cl)c2F)c2ccc(OCc3ncccn3)cc12. The molecule has 222 valence electrons. The standard InChI is InChI=1S/C31H29ClFN5O5/c1-18(39)21-11-27(31(42)36-13-20-5-3-6-25(32)30(20)33)38(14-21)29(41)16-37-15-24(19(2)40)23-12-22(7-8-26(23)37)43-17-28-34-9-4-10-35-28/h3-10,12,15,21,27H,11,13-14,16-17H2,1-2H3,(H,36,42)/t21?,27-/m0/s1. The van der Waals surface area contributed by atoms with E-state index in [2.05, 4.69) is 15.3 Å². The van der Waals surface area contributed by atoms with Gasteiger partial charge in [-0.1, -0.05) is 23.7 Å². The van der Waals surface area contributed by atoms with Gasteiger partial charge in [-0.15, -0.1) is 0 Å². The van der Waals surface area contributed by atoms with Gasteiger partial charge < -0.3 is 19.5 Å². The van der Waals surface area contributed by atoms with Crippen LogP contribution in [0.3, 0.4) is 0 Å². The van der Waals surface area contributed by atoms with Gasteiger partial charge in [-0.3, -0.25) is 19.2 Å². The molecule has 1 fully saturated rings. The molecule has 0 bridgehead atoms. The van der Waals surface area contributed by atoms with Crippen LogP contribution in [0.2, 0.25) is 5.02 Å². The lowest BCUT2D eigenvalue weighted by atomic mass is 10.0. The predicted molar refractivity (Wildman–Crippen MR) is 156 cm³/mol. The van der Waals surface area contributed by atoms with Gasteiger partial charge in [-0.05, 0) is 50.6 Å². The summed E-state index contributed by atoms with van der Waals surface area (Å²) in [7, 11) is 0. The number of ether oxygens (including phenoxy) is 1. The molecule has 0 spiro atoms. The van der Waals surface area contributed by atoms with Gasteiger partial charge in [-0.2, -0.15) is 0 Å². The summed E-state index contributed by atoms with van der Waals surface area (Å²) >= 11 is 5.85. The van der Waals surface area contributed by atoms with Crippen molar-refractivity contribution in [3.05, 3.63) is 88.8 Å². The zero-order valence-electron chi connectivity index (χ0n) is 23.5. The van der Waals surface area contributed by atoms with Crippen LogP contribution in [-0.4, -0.2) is 55.4 Å². The number of amides is 2. The van der Waals surface area contributed by atoms with Gasteiger partial charge in [0, 0.05) is 59.6 Å². The second-order valence-electron chi connectivity index (χ2n) is 10.4. The zero-order valence-corrected chi connectivity index (χ0v) is 24.3. The summed E-state index contributed by atoms with van der Waals surface area (Å²) in [5.41, 5.74) is 1.24. The minimum Gasteiger partial charge on any atom is -0.486 e. The topological polar surface area (TPSA) is 123 Å². The first-order valence-corrected chi connectivity index (χ1v) is 14.0. The predicted octanol–water partition coefficient (Wildman–Crippen LogP) is 4.13. The highest BCUT2D eigenvalue weighted by atomic mass is 35.5. The smallest absolute Gasteiger partial charge is 0.243 e. The van der Waals surface area contributed by atoms with Gasteiger partial charge in [0.25, 0.3) is 0 Å². The maximum absolute atomic E-state index is 14.3. The summed E-state index contributed by atoms with van der Waals surface area (Å²) in [4.78, 5) is 61.2. The van der Waals surface area contributed by atoms with E-state index in [9.17, 15) is 23.6 Å². The van der Waals surface area contributed by atoms with Crippen molar-refractivity contribution in [1.29, 1.82) is 0 Å². The number of Topliss-reactive ketones (excluding diaryl/α,β-unsaturated/α-hetero) is 2. The van der Waals surface area contributed by atoms with Gasteiger partial charge in [0.15, 0.2) is 11.6 Å². The van der Waals surface area contributed by atoms with Crippen LogP contribution in [0.1, 0.15) is 42.0 Å². The van der Waals surface area contributed by atoms with E-state index in [-0.39, 0.29) is 54.8 Å². The van der Waals surface area contributed by atoms with Crippen LogP contribution >= 0.6 is 11.6 Å². The fourth-order valence-electron chi connectivity index (χ4n) is 5.21. The van der Waals surface area contributed by atoms with Gasteiger partial charge >= 0.3 is 0 Å². The Balaban J connectivity index is 1.34. The molecule has 12 heteroatoms. The first-order chi connectivity index (χ1) is 20.6. The fourth-order valence-corrected chi connectivity index (χ4v) is 5.40. The minimum absolute atomic E-state index is 0.0613. The van der Waals surface area contributed by atoms with E-state index in [4.69, 9.17) is 16.3 Å². The molecule has 4 aromatic rings. The van der Waals surface area contributed by atoms with Crippen LogP contribution in [0.5, 0.6) is 5.75 Å².